The summed E-state index contributed by atoms with van der Waals surface area (Å²) in [6.07, 6.45) is 8.58. The fourth-order valence-electron chi connectivity index (χ4n) is 4.95. The van der Waals surface area contributed by atoms with Gasteiger partial charge in [0.05, 0.1) is 22.6 Å². The Labute approximate surface area is 277 Å². The van der Waals surface area contributed by atoms with E-state index in [9.17, 15) is 13.6 Å². The van der Waals surface area contributed by atoms with Crippen molar-refractivity contribution in [1.29, 1.82) is 0 Å². The first-order valence-corrected chi connectivity index (χ1v) is 16.0. The van der Waals surface area contributed by atoms with Gasteiger partial charge in [-0.1, -0.05) is 13.8 Å². The van der Waals surface area contributed by atoms with Crippen molar-refractivity contribution < 1.29 is 32.9 Å². The van der Waals surface area contributed by atoms with Gasteiger partial charge < -0.3 is 24.6 Å². The number of rotatable bonds is 12. The Bertz CT molecular complexity index is 1570. The van der Waals surface area contributed by atoms with Crippen LogP contribution >= 0.6 is 11.6 Å². The van der Waals surface area contributed by atoms with E-state index in [2.05, 4.69) is 27.2 Å². The summed E-state index contributed by atoms with van der Waals surface area (Å²) < 4.78 is 46.0. The standard InChI is InChI=1S/C30H33ClF2N6O4.C3H8O/c1-3-16-41-26(4-2)39-25(13-15-36-39)28-23(24-12-14-35-38(24)27-7-5-6-17-42-27)18-20(19-34-28)29(40)37-21-8-10-22(11-9-21)43-30(31,32)33;1-3(2)4/h8-15,18-19,26-27H,3-7,16-17H2,1-2H3,(H,37,40);3-4H,1-2H3. The maximum absolute atomic E-state index is 13.4. The number of hydrogen-bond acceptors (Lipinski definition) is 8. The number of alkyl halides is 3. The number of aliphatic hydroxyl groups excluding tert-OH is 1. The van der Waals surface area contributed by atoms with Crippen LogP contribution in [0.3, 0.4) is 0 Å². The summed E-state index contributed by atoms with van der Waals surface area (Å²) >= 11 is 4.84. The highest BCUT2D eigenvalue weighted by molar-refractivity contribution is 6.20. The number of pyridine rings is 1. The van der Waals surface area contributed by atoms with Gasteiger partial charge in [-0.3, -0.25) is 9.78 Å². The van der Waals surface area contributed by atoms with E-state index in [1.807, 2.05) is 28.4 Å². The molecular formula is C33H41ClF2N6O5. The molecule has 1 fully saturated rings. The van der Waals surface area contributed by atoms with E-state index >= 15 is 0 Å². The third kappa shape index (κ3) is 10.0. The lowest BCUT2D eigenvalue weighted by molar-refractivity contribution is -0.0964. The van der Waals surface area contributed by atoms with E-state index in [1.165, 1.54) is 30.5 Å². The van der Waals surface area contributed by atoms with E-state index in [0.29, 0.717) is 36.6 Å². The minimum Gasteiger partial charge on any atom is -0.420 e. The zero-order valence-electron chi connectivity index (χ0n) is 26.9. The summed E-state index contributed by atoms with van der Waals surface area (Å²) in [4.78, 5) is 18.1. The van der Waals surface area contributed by atoms with Crippen LogP contribution in [0.25, 0.3) is 22.6 Å². The topological polar surface area (TPSA) is 126 Å². The van der Waals surface area contributed by atoms with Gasteiger partial charge in [-0.25, -0.2) is 9.36 Å². The Kier molecular flexibility index (Phi) is 12.8. The monoisotopic (exact) mass is 674 g/mol. The summed E-state index contributed by atoms with van der Waals surface area (Å²) in [5, 5.41) is 20.0. The summed E-state index contributed by atoms with van der Waals surface area (Å²) in [5.41, 5.74) is -0.439. The van der Waals surface area contributed by atoms with Gasteiger partial charge in [0.2, 0.25) is 0 Å². The molecule has 1 amide bonds. The molecule has 3 aromatic heterocycles. The predicted octanol–water partition coefficient (Wildman–Crippen LogP) is 7.65. The van der Waals surface area contributed by atoms with Crippen molar-refractivity contribution in [2.45, 2.75) is 83.9 Å². The number of amides is 1. The molecule has 1 saturated heterocycles. The Morgan fingerprint density at radius 1 is 1.13 bits per heavy atom. The van der Waals surface area contributed by atoms with Gasteiger partial charge in [0.25, 0.3) is 5.91 Å². The zero-order valence-corrected chi connectivity index (χ0v) is 27.7. The molecule has 1 aliphatic rings. The first kappa shape index (κ1) is 35.9. The number of benzene rings is 1. The van der Waals surface area contributed by atoms with Gasteiger partial charge in [0.1, 0.15) is 5.75 Å². The Morgan fingerprint density at radius 2 is 1.83 bits per heavy atom. The van der Waals surface area contributed by atoms with Crippen LogP contribution in [0.4, 0.5) is 14.5 Å². The summed E-state index contributed by atoms with van der Waals surface area (Å²) in [7, 11) is 0. The van der Waals surface area contributed by atoms with Crippen molar-refractivity contribution in [2.24, 2.45) is 0 Å². The summed E-state index contributed by atoms with van der Waals surface area (Å²) in [5.74, 6) is -0.586. The third-order valence-electron chi connectivity index (χ3n) is 6.92. The van der Waals surface area contributed by atoms with E-state index in [0.717, 1.165) is 37.1 Å². The second-order valence-electron chi connectivity index (χ2n) is 11.1. The smallest absolute Gasteiger partial charge is 0.420 e. The quantitative estimate of drug-likeness (QED) is 0.147. The fraction of sp³-hybridized carbons (Fsp3) is 0.455. The average molecular weight is 675 g/mol. The molecule has 0 saturated carbocycles. The average Bonchev–Trinajstić information content (AvgIpc) is 3.72. The minimum atomic E-state index is -3.83. The number of halogens is 3. The number of carbonyl (C=O) groups is 1. The number of anilines is 1. The molecule has 4 aromatic rings. The molecule has 4 heterocycles. The van der Waals surface area contributed by atoms with Crippen LogP contribution in [-0.4, -0.2) is 60.4 Å². The van der Waals surface area contributed by atoms with Crippen LogP contribution in [-0.2, 0) is 9.47 Å². The molecule has 2 atom stereocenters. The number of nitrogens with zero attached hydrogens (tertiary/aromatic N) is 5. The van der Waals surface area contributed by atoms with Crippen LogP contribution in [0.15, 0.2) is 61.1 Å². The van der Waals surface area contributed by atoms with E-state index < -0.39 is 11.5 Å². The fourth-order valence-corrected chi connectivity index (χ4v) is 5.04. The maximum atomic E-state index is 13.4. The van der Waals surface area contributed by atoms with Crippen molar-refractivity contribution >= 4 is 23.2 Å². The summed E-state index contributed by atoms with van der Waals surface area (Å²) in [6, 6.07) is 10.9. The molecule has 14 heteroatoms. The van der Waals surface area contributed by atoms with Crippen molar-refractivity contribution in [3.05, 3.63) is 66.6 Å². The highest BCUT2D eigenvalue weighted by atomic mass is 35.5. The van der Waals surface area contributed by atoms with Crippen LogP contribution in [0.2, 0.25) is 0 Å². The van der Waals surface area contributed by atoms with Crippen LogP contribution < -0.4 is 10.1 Å². The molecule has 1 aliphatic heterocycles. The first-order valence-electron chi connectivity index (χ1n) is 15.7. The molecule has 0 bridgehead atoms. The van der Waals surface area contributed by atoms with Gasteiger partial charge in [-0.2, -0.15) is 10.2 Å². The Morgan fingerprint density at radius 3 is 2.47 bits per heavy atom. The SMILES string of the molecule is CC(C)O.CCCOC(CC)n1nccc1-c1ncc(C(=O)Nc2ccc(OC(F)(F)Cl)cc2)cc1-c1ccnn1C1CCCCO1. The predicted molar refractivity (Wildman–Crippen MR) is 174 cm³/mol. The number of ether oxygens (including phenoxy) is 3. The van der Waals surface area contributed by atoms with Crippen LogP contribution in [0, 0.1) is 0 Å². The number of aliphatic hydroxyl groups is 1. The molecule has 254 valence electrons. The van der Waals surface area contributed by atoms with Crippen LogP contribution in [0.5, 0.6) is 5.75 Å². The van der Waals surface area contributed by atoms with Crippen molar-refractivity contribution in [2.75, 3.05) is 18.5 Å². The normalized spacial score (nSPS) is 15.6. The Hall–Kier alpha value is -3.91. The number of hydrogen-bond donors (Lipinski definition) is 2. The van der Waals surface area contributed by atoms with Crippen molar-refractivity contribution in [3.8, 4) is 28.4 Å². The Balaban J connectivity index is 0.00000118. The minimum absolute atomic E-state index is 0.144. The van der Waals surface area contributed by atoms with E-state index in [1.54, 1.807) is 32.3 Å². The largest absolute Gasteiger partial charge is 0.487 e. The molecule has 0 aliphatic carbocycles. The first-order chi connectivity index (χ1) is 22.5. The van der Waals surface area contributed by atoms with Gasteiger partial charge >= 0.3 is 5.57 Å². The molecular weight excluding hydrogens is 634 g/mol. The lowest BCUT2D eigenvalue weighted by atomic mass is 10.0. The van der Waals surface area contributed by atoms with E-state index in [4.69, 9.17) is 31.2 Å². The molecule has 2 N–H and O–H groups in total. The van der Waals surface area contributed by atoms with Gasteiger partial charge in [0.15, 0.2) is 12.5 Å². The molecule has 11 nitrogen and oxygen atoms in total. The third-order valence-corrected chi connectivity index (χ3v) is 7.00. The number of nitrogens with one attached hydrogen (secondary N) is 1. The van der Waals surface area contributed by atoms with E-state index in [-0.39, 0.29) is 29.9 Å². The second-order valence-corrected chi connectivity index (χ2v) is 11.6. The van der Waals surface area contributed by atoms with Crippen molar-refractivity contribution in [1.82, 2.24) is 24.5 Å². The van der Waals surface area contributed by atoms with Gasteiger partial charge in [0, 0.05) is 60.8 Å². The molecule has 5 rings (SSSR count). The number of aromatic nitrogens is 5. The van der Waals surface area contributed by atoms with Gasteiger partial charge in [-0.15, -0.1) is 8.78 Å². The summed E-state index contributed by atoms with van der Waals surface area (Å²) in [6.45, 7) is 8.76. The lowest BCUT2D eigenvalue weighted by Crippen LogP contribution is -2.20. The zero-order chi connectivity index (χ0) is 34.0. The lowest BCUT2D eigenvalue weighted by Gasteiger charge is -2.25. The van der Waals surface area contributed by atoms with Crippen molar-refractivity contribution in [3.63, 3.8) is 0 Å². The highest BCUT2D eigenvalue weighted by Crippen LogP contribution is 2.36. The molecule has 2 unspecified atom stereocenters. The van der Waals surface area contributed by atoms with Crippen LogP contribution in [0.1, 0.15) is 82.6 Å². The molecule has 0 radical (unpaired) electrons. The second kappa shape index (κ2) is 16.8. The molecule has 1 aromatic carbocycles. The number of carbonyl (C=O) groups excluding carboxylic acids is 1. The highest BCUT2D eigenvalue weighted by Gasteiger charge is 2.28. The molecule has 47 heavy (non-hydrogen) atoms. The maximum Gasteiger partial charge on any atom is 0.487 e. The van der Waals surface area contributed by atoms with Gasteiger partial charge in [-0.05, 0) is 88.4 Å². The molecule has 0 spiro atoms.